The Bertz CT molecular complexity index is 582. The van der Waals surface area contributed by atoms with Gasteiger partial charge in [0.25, 0.3) is 0 Å². The predicted octanol–water partition coefficient (Wildman–Crippen LogP) is 4.57. The maximum absolute atomic E-state index is 12.0. The number of benzene rings is 2. The molecule has 0 bridgehead atoms. The number of rotatable bonds is 6. The van der Waals surface area contributed by atoms with E-state index in [4.69, 9.17) is 11.6 Å². The third-order valence-electron chi connectivity index (χ3n) is 2.99. The van der Waals surface area contributed by atoms with Gasteiger partial charge in [0, 0.05) is 11.6 Å². The summed E-state index contributed by atoms with van der Waals surface area (Å²) in [5, 5.41) is 3.94. The SMILES string of the molecule is FC(F)(F)Oc1ccc(CNCCc2ccc(Cl)cc2)cc1. The molecule has 2 aromatic rings. The van der Waals surface area contributed by atoms with Gasteiger partial charge in [0.1, 0.15) is 5.75 Å². The molecule has 2 nitrogen and oxygen atoms in total. The molecular formula is C16H15ClF3NO. The van der Waals surface area contributed by atoms with E-state index >= 15 is 0 Å². The van der Waals surface area contributed by atoms with Gasteiger partial charge in [0.2, 0.25) is 0 Å². The molecule has 0 saturated carbocycles. The molecule has 0 heterocycles. The largest absolute Gasteiger partial charge is 0.573 e. The highest BCUT2D eigenvalue weighted by molar-refractivity contribution is 6.30. The van der Waals surface area contributed by atoms with E-state index in [2.05, 4.69) is 10.1 Å². The Labute approximate surface area is 131 Å². The van der Waals surface area contributed by atoms with Crippen LogP contribution in [0.3, 0.4) is 0 Å². The van der Waals surface area contributed by atoms with Crippen LogP contribution in [0, 0.1) is 0 Å². The van der Waals surface area contributed by atoms with Crippen LogP contribution in [0.5, 0.6) is 5.75 Å². The second-order valence-electron chi connectivity index (χ2n) is 4.74. The van der Waals surface area contributed by atoms with Gasteiger partial charge in [-0.15, -0.1) is 13.2 Å². The first-order chi connectivity index (χ1) is 10.4. The Morgan fingerprint density at radius 1 is 0.909 bits per heavy atom. The Hall–Kier alpha value is -1.72. The molecule has 0 unspecified atom stereocenters. The van der Waals surface area contributed by atoms with Crippen LogP contribution in [0.25, 0.3) is 0 Å². The van der Waals surface area contributed by atoms with E-state index < -0.39 is 6.36 Å². The monoisotopic (exact) mass is 329 g/mol. The number of halogens is 4. The molecule has 1 N–H and O–H groups in total. The first kappa shape index (κ1) is 16.6. The predicted molar refractivity (Wildman–Crippen MR) is 80.0 cm³/mol. The molecule has 118 valence electrons. The Morgan fingerprint density at radius 3 is 2.09 bits per heavy atom. The normalized spacial score (nSPS) is 11.5. The lowest BCUT2D eigenvalue weighted by atomic mass is 10.1. The van der Waals surface area contributed by atoms with Crippen LogP contribution in [-0.4, -0.2) is 12.9 Å². The second-order valence-corrected chi connectivity index (χ2v) is 5.18. The van der Waals surface area contributed by atoms with E-state index in [1.54, 1.807) is 12.1 Å². The lowest BCUT2D eigenvalue weighted by Gasteiger charge is -2.09. The highest BCUT2D eigenvalue weighted by atomic mass is 35.5. The minimum absolute atomic E-state index is 0.211. The first-order valence-electron chi connectivity index (χ1n) is 6.72. The van der Waals surface area contributed by atoms with Gasteiger partial charge in [-0.2, -0.15) is 0 Å². The average molecular weight is 330 g/mol. The van der Waals surface area contributed by atoms with E-state index in [1.807, 2.05) is 24.3 Å². The lowest BCUT2D eigenvalue weighted by molar-refractivity contribution is -0.274. The fourth-order valence-electron chi connectivity index (χ4n) is 1.93. The van der Waals surface area contributed by atoms with Gasteiger partial charge in [-0.05, 0) is 48.4 Å². The minimum atomic E-state index is -4.65. The van der Waals surface area contributed by atoms with Crippen molar-refractivity contribution < 1.29 is 17.9 Å². The summed E-state index contributed by atoms with van der Waals surface area (Å²) in [5.41, 5.74) is 2.07. The van der Waals surface area contributed by atoms with E-state index in [1.165, 1.54) is 17.7 Å². The summed E-state index contributed by atoms with van der Waals surface area (Å²) in [6.07, 6.45) is -3.80. The molecule has 2 rings (SSSR count). The number of nitrogens with one attached hydrogen (secondary N) is 1. The maximum atomic E-state index is 12.0. The summed E-state index contributed by atoms with van der Waals surface area (Å²) in [6.45, 7) is 1.35. The number of hydrogen-bond donors (Lipinski definition) is 1. The van der Waals surface area contributed by atoms with Gasteiger partial charge >= 0.3 is 6.36 Å². The summed E-state index contributed by atoms with van der Waals surface area (Å²) < 4.78 is 39.9. The third-order valence-corrected chi connectivity index (χ3v) is 3.24. The van der Waals surface area contributed by atoms with E-state index in [-0.39, 0.29) is 5.75 Å². The van der Waals surface area contributed by atoms with Gasteiger partial charge in [0.15, 0.2) is 0 Å². The summed E-state index contributed by atoms with van der Waals surface area (Å²) >= 11 is 5.81. The van der Waals surface area contributed by atoms with Gasteiger partial charge in [-0.3, -0.25) is 0 Å². The molecule has 22 heavy (non-hydrogen) atoms. The maximum Gasteiger partial charge on any atom is 0.573 e. The third kappa shape index (κ3) is 5.95. The highest BCUT2D eigenvalue weighted by Gasteiger charge is 2.30. The molecule has 0 fully saturated rings. The molecule has 0 aliphatic heterocycles. The molecule has 0 atom stereocenters. The zero-order valence-electron chi connectivity index (χ0n) is 11.7. The molecule has 2 aromatic carbocycles. The smallest absolute Gasteiger partial charge is 0.406 e. The molecule has 0 aliphatic rings. The van der Waals surface area contributed by atoms with E-state index in [9.17, 15) is 13.2 Å². The van der Waals surface area contributed by atoms with Crippen molar-refractivity contribution in [3.05, 3.63) is 64.7 Å². The minimum Gasteiger partial charge on any atom is -0.406 e. The van der Waals surface area contributed by atoms with Gasteiger partial charge in [0.05, 0.1) is 0 Å². The Morgan fingerprint density at radius 2 is 1.50 bits per heavy atom. The van der Waals surface area contributed by atoms with Crippen LogP contribution in [0.15, 0.2) is 48.5 Å². The van der Waals surface area contributed by atoms with Crippen LogP contribution in [0.4, 0.5) is 13.2 Å². The quantitative estimate of drug-likeness (QED) is 0.784. The molecule has 0 aliphatic carbocycles. The Kier molecular flexibility index (Phi) is 5.69. The fraction of sp³-hybridized carbons (Fsp3) is 0.250. The highest BCUT2D eigenvalue weighted by Crippen LogP contribution is 2.22. The Balaban J connectivity index is 1.74. The molecule has 0 aromatic heterocycles. The lowest BCUT2D eigenvalue weighted by Crippen LogP contribution is -2.18. The van der Waals surface area contributed by atoms with Gasteiger partial charge in [-0.1, -0.05) is 35.9 Å². The zero-order valence-corrected chi connectivity index (χ0v) is 12.4. The van der Waals surface area contributed by atoms with Crippen LogP contribution in [0.1, 0.15) is 11.1 Å². The van der Waals surface area contributed by atoms with Crippen molar-refractivity contribution in [3.8, 4) is 5.75 Å². The standard InChI is InChI=1S/C16H15ClF3NO/c17-14-5-1-12(2-6-14)9-10-21-11-13-3-7-15(8-4-13)22-16(18,19)20/h1-8,21H,9-11H2. The van der Waals surface area contributed by atoms with Gasteiger partial charge < -0.3 is 10.1 Å². The summed E-state index contributed by atoms with van der Waals surface area (Å²) in [5.74, 6) is -0.211. The number of ether oxygens (including phenoxy) is 1. The van der Waals surface area contributed by atoms with Crippen molar-refractivity contribution in [1.29, 1.82) is 0 Å². The first-order valence-corrected chi connectivity index (χ1v) is 7.10. The van der Waals surface area contributed by atoms with Crippen LogP contribution in [0.2, 0.25) is 5.02 Å². The number of alkyl halides is 3. The topological polar surface area (TPSA) is 21.3 Å². The average Bonchev–Trinajstić information content (AvgIpc) is 2.45. The van der Waals surface area contributed by atoms with Crippen LogP contribution < -0.4 is 10.1 Å². The summed E-state index contributed by atoms with van der Waals surface area (Å²) in [7, 11) is 0. The molecule has 0 saturated heterocycles. The fourth-order valence-corrected chi connectivity index (χ4v) is 2.05. The summed E-state index contributed by atoms with van der Waals surface area (Å²) in [6, 6.07) is 13.5. The van der Waals surface area contributed by atoms with Crippen molar-refractivity contribution in [2.45, 2.75) is 19.3 Å². The molecule has 6 heteroatoms. The van der Waals surface area contributed by atoms with Crippen molar-refractivity contribution in [2.24, 2.45) is 0 Å². The van der Waals surface area contributed by atoms with E-state index in [0.29, 0.717) is 11.6 Å². The van der Waals surface area contributed by atoms with Crippen LogP contribution >= 0.6 is 11.6 Å². The van der Waals surface area contributed by atoms with Gasteiger partial charge in [-0.25, -0.2) is 0 Å². The molecule has 0 spiro atoms. The van der Waals surface area contributed by atoms with Crippen LogP contribution in [-0.2, 0) is 13.0 Å². The number of hydrogen-bond acceptors (Lipinski definition) is 2. The molecular weight excluding hydrogens is 315 g/mol. The van der Waals surface area contributed by atoms with Crippen molar-refractivity contribution in [3.63, 3.8) is 0 Å². The molecule has 0 radical (unpaired) electrons. The summed E-state index contributed by atoms with van der Waals surface area (Å²) in [4.78, 5) is 0. The zero-order chi connectivity index (χ0) is 16.0. The second kappa shape index (κ2) is 7.51. The van der Waals surface area contributed by atoms with Crippen molar-refractivity contribution in [2.75, 3.05) is 6.54 Å². The van der Waals surface area contributed by atoms with Crippen molar-refractivity contribution in [1.82, 2.24) is 5.32 Å². The molecule has 0 amide bonds. The van der Waals surface area contributed by atoms with E-state index in [0.717, 1.165) is 18.5 Å². The van der Waals surface area contributed by atoms with Crippen molar-refractivity contribution >= 4 is 11.6 Å².